The number of hydrogen-bond acceptors (Lipinski definition) is 3. The molecule has 3 aliphatic rings. The second kappa shape index (κ2) is 4.70. The number of pyridine rings is 1. The average molecular weight is 318 g/mol. The first-order chi connectivity index (χ1) is 11.7. The van der Waals surface area contributed by atoms with Crippen LogP contribution >= 0.6 is 0 Å². The van der Waals surface area contributed by atoms with Crippen molar-refractivity contribution in [1.29, 1.82) is 5.26 Å². The van der Waals surface area contributed by atoms with E-state index >= 15 is 0 Å². The number of aromatic nitrogens is 1. The van der Waals surface area contributed by atoms with Gasteiger partial charge in [-0.3, -0.25) is 9.88 Å². The first kappa shape index (κ1) is 13.8. The molecule has 1 aromatic carbocycles. The normalized spacial score (nSPS) is 25.1. The number of carbonyl (C=O) groups is 1. The monoisotopic (exact) mass is 318 g/mol. The standard InChI is InChI=1S/C19H18N4O/c20-9-15-12-22(14-7-19(8-14)5-6-19)18(24)23(15)17-11-21-10-13-3-1-2-4-16(13)17/h1-4,10-11,14-15H,5-8,12H2. The molecule has 1 aliphatic heterocycles. The van der Waals surface area contributed by atoms with Crippen LogP contribution in [0.1, 0.15) is 25.7 Å². The summed E-state index contributed by atoms with van der Waals surface area (Å²) in [6.07, 6.45) is 8.34. The van der Waals surface area contributed by atoms with Gasteiger partial charge in [0, 0.05) is 23.0 Å². The predicted octanol–water partition coefficient (Wildman–Crippen LogP) is 3.31. The van der Waals surface area contributed by atoms with Crippen LogP contribution < -0.4 is 4.90 Å². The van der Waals surface area contributed by atoms with Crippen molar-refractivity contribution < 1.29 is 4.79 Å². The van der Waals surface area contributed by atoms with Crippen molar-refractivity contribution in [2.45, 2.75) is 37.8 Å². The number of nitrogens with zero attached hydrogens (tertiary/aromatic N) is 4. The van der Waals surface area contributed by atoms with Crippen molar-refractivity contribution >= 4 is 22.5 Å². The van der Waals surface area contributed by atoms with Gasteiger partial charge in [-0.1, -0.05) is 24.3 Å². The van der Waals surface area contributed by atoms with Gasteiger partial charge in [0.15, 0.2) is 0 Å². The highest BCUT2D eigenvalue weighted by atomic mass is 16.2. The van der Waals surface area contributed by atoms with Gasteiger partial charge in [0.25, 0.3) is 0 Å². The molecule has 5 rings (SSSR count). The van der Waals surface area contributed by atoms with E-state index in [1.54, 1.807) is 17.3 Å². The Morgan fingerprint density at radius 3 is 2.75 bits per heavy atom. The zero-order valence-electron chi connectivity index (χ0n) is 13.4. The van der Waals surface area contributed by atoms with E-state index in [9.17, 15) is 10.1 Å². The summed E-state index contributed by atoms with van der Waals surface area (Å²) in [6, 6.07) is 10.0. The zero-order valence-corrected chi connectivity index (χ0v) is 13.4. The molecule has 24 heavy (non-hydrogen) atoms. The summed E-state index contributed by atoms with van der Waals surface area (Å²) in [6.45, 7) is 0.499. The van der Waals surface area contributed by atoms with Crippen LogP contribution in [0.3, 0.4) is 0 Å². The molecule has 0 radical (unpaired) electrons. The number of anilines is 1. The Morgan fingerprint density at radius 1 is 1.21 bits per heavy atom. The van der Waals surface area contributed by atoms with Crippen molar-refractivity contribution in [3.05, 3.63) is 36.7 Å². The topological polar surface area (TPSA) is 60.2 Å². The van der Waals surface area contributed by atoms with E-state index in [4.69, 9.17) is 0 Å². The molecule has 0 bridgehead atoms. The summed E-state index contributed by atoms with van der Waals surface area (Å²) >= 11 is 0. The number of amides is 2. The van der Waals surface area contributed by atoms with Crippen LogP contribution in [0.15, 0.2) is 36.7 Å². The van der Waals surface area contributed by atoms with E-state index in [1.165, 1.54) is 12.8 Å². The molecule has 5 nitrogen and oxygen atoms in total. The minimum absolute atomic E-state index is 0.0415. The minimum Gasteiger partial charge on any atom is -0.318 e. The number of rotatable bonds is 2. The maximum atomic E-state index is 13.1. The van der Waals surface area contributed by atoms with Crippen molar-refractivity contribution in [3.8, 4) is 6.07 Å². The van der Waals surface area contributed by atoms with Gasteiger partial charge in [0.1, 0.15) is 6.04 Å². The van der Waals surface area contributed by atoms with E-state index in [0.717, 1.165) is 29.3 Å². The Bertz CT molecular complexity index is 869. The third-order valence-corrected chi connectivity index (χ3v) is 5.92. The summed E-state index contributed by atoms with van der Waals surface area (Å²) in [5, 5.41) is 11.6. The molecular formula is C19H18N4O. The van der Waals surface area contributed by atoms with E-state index in [1.807, 2.05) is 29.2 Å². The molecule has 1 atom stereocenters. The molecular weight excluding hydrogens is 300 g/mol. The largest absolute Gasteiger partial charge is 0.326 e. The van der Waals surface area contributed by atoms with Gasteiger partial charge in [-0.05, 0) is 31.1 Å². The maximum Gasteiger partial charge on any atom is 0.326 e. The lowest BCUT2D eigenvalue weighted by Gasteiger charge is -2.41. The third-order valence-electron chi connectivity index (χ3n) is 5.92. The Hall–Kier alpha value is -2.61. The smallest absolute Gasteiger partial charge is 0.318 e. The number of fused-ring (bicyclic) bond motifs is 1. The second-order valence-corrected chi connectivity index (χ2v) is 7.39. The third kappa shape index (κ3) is 1.86. The number of hydrogen-bond donors (Lipinski definition) is 0. The van der Waals surface area contributed by atoms with Gasteiger partial charge in [-0.15, -0.1) is 0 Å². The molecule has 120 valence electrons. The van der Waals surface area contributed by atoms with Crippen LogP contribution in [0.4, 0.5) is 10.5 Å². The van der Waals surface area contributed by atoms with Crippen LogP contribution in [0.25, 0.3) is 10.8 Å². The van der Waals surface area contributed by atoms with Crippen molar-refractivity contribution in [2.75, 3.05) is 11.4 Å². The zero-order chi connectivity index (χ0) is 16.3. The molecule has 2 saturated carbocycles. The SMILES string of the molecule is N#CC1CN(C2CC3(CC3)C2)C(=O)N1c1cncc2ccccc12. The summed E-state index contributed by atoms with van der Waals surface area (Å²) < 4.78 is 0. The highest BCUT2D eigenvalue weighted by Crippen LogP contribution is 2.62. The quantitative estimate of drug-likeness (QED) is 0.853. The van der Waals surface area contributed by atoms with Gasteiger partial charge in [-0.25, -0.2) is 4.79 Å². The molecule has 3 fully saturated rings. The lowest BCUT2D eigenvalue weighted by atomic mass is 9.76. The summed E-state index contributed by atoms with van der Waals surface area (Å²) in [5.74, 6) is 0. The van der Waals surface area contributed by atoms with E-state index in [-0.39, 0.29) is 6.03 Å². The van der Waals surface area contributed by atoms with Crippen LogP contribution in [0.2, 0.25) is 0 Å². The molecule has 1 spiro atoms. The van der Waals surface area contributed by atoms with Gasteiger partial charge in [0.2, 0.25) is 0 Å². The Kier molecular flexibility index (Phi) is 2.70. The first-order valence-electron chi connectivity index (χ1n) is 8.53. The van der Waals surface area contributed by atoms with Crippen LogP contribution in [-0.4, -0.2) is 34.5 Å². The summed E-state index contributed by atoms with van der Waals surface area (Å²) in [4.78, 5) is 20.9. The molecule has 2 amide bonds. The van der Waals surface area contributed by atoms with Crippen LogP contribution in [-0.2, 0) is 0 Å². The van der Waals surface area contributed by atoms with Crippen molar-refractivity contribution in [1.82, 2.24) is 9.88 Å². The van der Waals surface area contributed by atoms with Crippen LogP contribution in [0.5, 0.6) is 0 Å². The number of carbonyl (C=O) groups excluding carboxylic acids is 1. The fourth-order valence-corrected chi connectivity index (χ4v) is 4.33. The molecule has 2 aliphatic carbocycles. The predicted molar refractivity (Wildman–Crippen MR) is 90.4 cm³/mol. The molecule has 1 saturated heterocycles. The molecule has 1 aromatic heterocycles. The molecule has 0 N–H and O–H groups in total. The van der Waals surface area contributed by atoms with E-state index in [0.29, 0.717) is 18.0 Å². The Morgan fingerprint density at radius 2 is 2.00 bits per heavy atom. The molecule has 1 unspecified atom stereocenters. The fraction of sp³-hybridized carbons (Fsp3) is 0.421. The highest BCUT2D eigenvalue weighted by molar-refractivity contribution is 6.04. The molecule has 2 aromatic rings. The minimum atomic E-state index is -0.444. The summed E-state index contributed by atoms with van der Waals surface area (Å²) in [7, 11) is 0. The van der Waals surface area contributed by atoms with Gasteiger partial charge in [-0.2, -0.15) is 5.26 Å². The number of urea groups is 1. The van der Waals surface area contributed by atoms with E-state index in [2.05, 4.69) is 11.1 Å². The Balaban J connectivity index is 1.51. The first-order valence-corrected chi connectivity index (χ1v) is 8.53. The number of nitriles is 1. The summed E-state index contributed by atoms with van der Waals surface area (Å²) in [5.41, 5.74) is 1.29. The van der Waals surface area contributed by atoms with Gasteiger partial charge in [0.05, 0.1) is 24.5 Å². The lowest BCUT2D eigenvalue weighted by molar-refractivity contribution is 0.102. The number of benzene rings is 1. The lowest BCUT2D eigenvalue weighted by Crippen LogP contribution is -2.47. The van der Waals surface area contributed by atoms with Crippen LogP contribution in [0, 0.1) is 16.7 Å². The average Bonchev–Trinajstić information content (AvgIpc) is 3.32. The van der Waals surface area contributed by atoms with Crippen molar-refractivity contribution in [3.63, 3.8) is 0 Å². The maximum absolute atomic E-state index is 13.1. The second-order valence-electron chi connectivity index (χ2n) is 7.39. The molecule has 5 heteroatoms. The van der Waals surface area contributed by atoms with Crippen molar-refractivity contribution in [2.24, 2.45) is 5.41 Å². The highest BCUT2D eigenvalue weighted by Gasteiger charge is 2.57. The molecule has 2 heterocycles. The van der Waals surface area contributed by atoms with Gasteiger partial charge >= 0.3 is 6.03 Å². The fourth-order valence-electron chi connectivity index (χ4n) is 4.33. The van der Waals surface area contributed by atoms with Gasteiger partial charge < -0.3 is 4.90 Å². The van der Waals surface area contributed by atoms with E-state index < -0.39 is 6.04 Å². The Labute approximate surface area is 140 Å².